The van der Waals surface area contributed by atoms with Crippen LogP contribution in [-0.2, 0) is 4.79 Å². The number of aliphatic carboxylic acids is 1. The number of hydrazine groups is 1. The topological polar surface area (TPSA) is 66.6 Å². The third-order valence-corrected chi connectivity index (χ3v) is 3.31. The maximum atomic E-state index is 10.2. The molecule has 0 radical (unpaired) electrons. The van der Waals surface area contributed by atoms with Gasteiger partial charge < -0.3 is 5.11 Å². The van der Waals surface area contributed by atoms with Crippen molar-refractivity contribution in [2.45, 2.75) is 85.0 Å². The first-order chi connectivity index (χ1) is 9.58. The van der Waals surface area contributed by atoms with Crippen molar-refractivity contribution < 1.29 is 9.90 Å². The third-order valence-electron chi connectivity index (χ3n) is 3.31. The van der Waals surface area contributed by atoms with E-state index in [1.807, 2.05) is 13.8 Å². The number of hydrogen-bond acceptors (Lipinski definition) is 3. The maximum absolute atomic E-state index is 10.2. The summed E-state index contributed by atoms with van der Waals surface area (Å²) in [4.78, 5) is 10.2. The largest absolute Gasteiger partial charge is 0.481 e. The van der Waals surface area contributed by atoms with E-state index in [0.29, 0.717) is 6.42 Å². The summed E-state index contributed by atoms with van der Waals surface area (Å²) in [6.07, 6.45) is 11.5. The van der Waals surface area contributed by atoms with Crippen LogP contribution in [0.5, 0.6) is 0 Å². The van der Waals surface area contributed by atoms with Gasteiger partial charge in [-0.15, -0.1) is 0 Å². The second kappa shape index (κ2) is 18.4. The first-order valence-corrected chi connectivity index (χ1v) is 8.29. The van der Waals surface area contributed by atoms with Crippen molar-refractivity contribution in [3.63, 3.8) is 0 Å². The van der Waals surface area contributed by atoms with E-state index in [4.69, 9.17) is 10.9 Å². The molecule has 0 aliphatic carbocycles. The Morgan fingerprint density at radius 1 is 0.850 bits per heavy atom. The standard InChI is InChI=1S/C12H24O2.C4H12N2/c1-2-3-4-5-6-7-8-9-10-11-12(13)14;1-3-6(5)4-2/h2-11H2,1H3,(H,13,14);3-5H2,1-2H3. The van der Waals surface area contributed by atoms with E-state index in [-0.39, 0.29) is 0 Å². The van der Waals surface area contributed by atoms with Crippen LogP contribution in [0.3, 0.4) is 0 Å². The zero-order valence-electron chi connectivity index (χ0n) is 13.9. The fourth-order valence-corrected chi connectivity index (χ4v) is 1.81. The Morgan fingerprint density at radius 2 is 1.25 bits per heavy atom. The zero-order chi connectivity index (χ0) is 15.6. The fraction of sp³-hybridized carbons (Fsp3) is 0.938. The van der Waals surface area contributed by atoms with Crippen LogP contribution in [0.4, 0.5) is 0 Å². The molecule has 20 heavy (non-hydrogen) atoms. The van der Waals surface area contributed by atoms with E-state index in [1.165, 1.54) is 44.9 Å². The fourth-order valence-electron chi connectivity index (χ4n) is 1.81. The molecule has 0 aliphatic heterocycles. The minimum absolute atomic E-state index is 0.343. The molecule has 3 N–H and O–H groups in total. The maximum Gasteiger partial charge on any atom is 0.303 e. The van der Waals surface area contributed by atoms with Gasteiger partial charge in [-0.3, -0.25) is 10.6 Å². The van der Waals surface area contributed by atoms with Gasteiger partial charge in [0.25, 0.3) is 0 Å². The average molecular weight is 288 g/mol. The van der Waals surface area contributed by atoms with Gasteiger partial charge >= 0.3 is 5.97 Å². The molecule has 0 saturated carbocycles. The first kappa shape index (κ1) is 21.7. The summed E-state index contributed by atoms with van der Waals surface area (Å²) in [5, 5.41) is 10.2. The summed E-state index contributed by atoms with van der Waals surface area (Å²) in [6, 6.07) is 0. The predicted molar refractivity (Wildman–Crippen MR) is 86.6 cm³/mol. The van der Waals surface area contributed by atoms with Crippen molar-refractivity contribution in [1.29, 1.82) is 0 Å². The van der Waals surface area contributed by atoms with Crippen LogP contribution < -0.4 is 5.84 Å². The van der Waals surface area contributed by atoms with Gasteiger partial charge in [-0.25, -0.2) is 5.01 Å². The Hall–Kier alpha value is -0.610. The van der Waals surface area contributed by atoms with Crippen LogP contribution in [0.15, 0.2) is 0 Å². The Bertz CT molecular complexity index is 195. The quantitative estimate of drug-likeness (QED) is 0.321. The summed E-state index contributed by atoms with van der Waals surface area (Å²) in [7, 11) is 0. The van der Waals surface area contributed by atoms with Crippen molar-refractivity contribution in [2.24, 2.45) is 5.84 Å². The molecule has 0 aromatic carbocycles. The van der Waals surface area contributed by atoms with Gasteiger partial charge in [0.2, 0.25) is 0 Å². The number of unbranched alkanes of at least 4 members (excludes halogenated alkanes) is 8. The number of carbonyl (C=O) groups is 1. The normalized spacial score (nSPS) is 10.2. The molecule has 0 fully saturated rings. The summed E-state index contributed by atoms with van der Waals surface area (Å²) >= 11 is 0. The lowest BCUT2D eigenvalue weighted by atomic mass is 10.1. The second-order valence-corrected chi connectivity index (χ2v) is 5.19. The lowest BCUT2D eigenvalue weighted by Crippen LogP contribution is -2.29. The Morgan fingerprint density at radius 3 is 1.55 bits per heavy atom. The van der Waals surface area contributed by atoms with Crippen LogP contribution in [-0.4, -0.2) is 29.2 Å². The highest BCUT2D eigenvalue weighted by atomic mass is 16.4. The molecule has 0 unspecified atom stereocenters. The average Bonchev–Trinajstić information content (AvgIpc) is 2.45. The Balaban J connectivity index is 0. The molecule has 0 aliphatic rings. The lowest BCUT2D eigenvalue weighted by molar-refractivity contribution is -0.137. The van der Waals surface area contributed by atoms with Gasteiger partial charge in [0, 0.05) is 19.5 Å². The van der Waals surface area contributed by atoms with E-state index in [1.54, 1.807) is 5.01 Å². The Labute approximate surface area is 125 Å². The molecule has 0 rings (SSSR count). The highest BCUT2D eigenvalue weighted by Gasteiger charge is 1.96. The van der Waals surface area contributed by atoms with E-state index in [0.717, 1.165) is 25.9 Å². The molecule has 0 atom stereocenters. The van der Waals surface area contributed by atoms with E-state index in [2.05, 4.69) is 6.92 Å². The molecule has 0 bridgehead atoms. The predicted octanol–water partition coefficient (Wildman–Crippen LogP) is 4.19. The number of nitrogens with zero attached hydrogens (tertiary/aromatic N) is 1. The summed E-state index contributed by atoms with van der Waals surface area (Å²) in [5.41, 5.74) is 0. The molecule has 4 heteroatoms. The molecule has 0 spiro atoms. The highest BCUT2D eigenvalue weighted by Crippen LogP contribution is 2.10. The van der Waals surface area contributed by atoms with Gasteiger partial charge in [-0.1, -0.05) is 72.1 Å². The molecule has 0 aromatic heterocycles. The van der Waals surface area contributed by atoms with Crippen molar-refractivity contribution in [3.8, 4) is 0 Å². The lowest BCUT2D eigenvalue weighted by Gasteiger charge is -2.07. The first-order valence-electron chi connectivity index (χ1n) is 8.29. The number of rotatable bonds is 12. The smallest absolute Gasteiger partial charge is 0.303 e. The van der Waals surface area contributed by atoms with Gasteiger partial charge in [0.15, 0.2) is 0 Å². The summed E-state index contributed by atoms with van der Waals surface area (Å²) < 4.78 is 0. The molecule has 0 aromatic rings. The van der Waals surface area contributed by atoms with Gasteiger partial charge in [-0.05, 0) is 6.42 Å². The number of carboxylic acid groups (broad SMARTS) is 1. The molecule has 0 heterocycles. The highest BCUT2D eigenvalue weighted by molar-refractivity contribution is 5.66. The second-order valence-electron chi connectivity index (χ2n) is 5.19. The van der Waals surface area contributed by atoms with E-state index < -0.39 is 5.97 Å². The third kappa shape index (κ3) is 22.6. The number of carboxylic acids is 1. The minimum atomic E-state index is -0.659. The zero-order valence-corrected chi connectivity index (χ0v) is 13.9. The van der Waals surface area contributed by atoms with Crippen LogP contribution >= 0.6 is 0 Å². The van der Waals surface area contributed by atoms with E-state index >= 15 is 0 Å². The van der Waals surface area contributed by atoms with Crippen LogP contribution in [0, 0.1) is 0 Å². The van der Waals surface area contributed by atoms with Crippen molar-refractivity contribution in [1.82, 2.24) is 5.01 Å². The monoisotopic (exact) mass is 288 g/mol. The minimum Gasteiger partial charge on any atom is -0.481 e. The van der Waals surface area contributed by atoms with Gasteiger partial charge in [-0.2, -0.15) is 0 Å². The molecular formula is C16H36N2O2. The SMILES string of the molecule is CCCCCCCCCCCC(=O)O.CCN(N)CC. The summed E-state index contributed by atoms with van der Waals surface area (Å²) in [5.74, 6) is 4.65. The van der Waals surface area contributed by atoms with Crippen LogP contribution in [0.25, 0.3) is 0 Å². The summed E-state index contributed by atoms with van der Waals surface area (Å²) in [6.45, 7) is 8.17. The number of nitrogens with two attached hydrogens (primary N) is 1. The van der Waals surface area contributed by atoms with Crippen LogP contribution in [0.1, 0.15) is 85.0 Å². The van der Waals surface area contributed by atoms with Gasteiger partial charge in [0.05, 0.1) is 0 Å². The molecule has 0 saturated heterocycles. The van der Waals surface area contributed by atoms with Gasteiger partial charge in [0.1, 0.15) is 0 Å². The number of hydrogen-bond donors (Lipinski definition) is 2. The van der Waals surface area contributed by atoms with Crippen molar-refractivity contribution >= 4 is 5.97 Å². The molecular weight excluding hydrogens is 252 g/mol. The van der Waals surface area contributed by atoms with Crippen molar-refractivity contribution in [2.75, 3.05) is 13.1 Å². The molecule has 122 valence electrons. The molecule has 4 nitrogen and oxygen atoms in total. The van der Waals surface area contributed by atoms with Crippen molar-refractivity contribution in [3.05, 3.63) is 0 Å². The Kier molecular flexibility index (Phi) is 19.9. The van der Waals surface area contributed by atoms with E-state index in [9.17, 15) is 4.79 Å². The van der Waals surface area contributed by atoms with Crippen LogP contribution in [0.2, 0.25) is 0 Å². The molecule has 0 amide bonds.